The van der Waals surface area contributed by atoms with Crippen molar-refractivity contribution in [2.45, 2.75) is 0 Å². The van der Waals surface area contributed by atoms with Crippen LogP contribution in [0.3, 0.4) is 0 Å². The van der Waals surface area contributed by atoms with Crippen molar-refractivity contribution in [3.8, 4) is 11.3 Å². The highest BCUT2D eigenvalue weighted by Gasteiger charge is 2.15. The van der Waals surface area contributed by atoms with E-state index in [-0.39, 0.29) is 15.9 Å². The summed E-state index contributed by atoms with van der Waals surface area (Å²) >= 11 is 7.30. The summed E-state index contributed by atoms with van der Waals surface area (Å²) in [6, 6.07) is 14.7. The third-order valence-corrected chi connectivity index (χ3v) is 5.31. The third-order valence-electron chi connectivity index (χ3n) is 3.95. The molecule has 5 nitrogen and oxygen atoms in total. The Morgan fingerprint density at radius 3 is 2.27 bits per heavy atom. The maximum atomic E-state index is 13.1. The number of carbonyl (C=O) groups is 1. The van der Waals surface area contributed by atoms with Gasteiger partial charge in [-0.15, -0.1) is 10.2 Å². The van der Waals surface area contributed by atoms with Gasteiger partial charge in [-0.3, -0.25) is 4.79 Å². The molecule has 4 aromatic rings. The van der Waals surface area contributed by atoms with Gasteiger partial charge in [0.2, 0.25) is 5.01 Å². The fourth-order valence-corrected chi connectivity index (χ4v) is 3.42. The van der Waals surface area contributed by atoms with Crippen molar-refractivity contribution < 1.29 is 18.0 Å². The summed E-state index contributed by atoms with van der Waals surface area (Å²) in [5.41, 5.74) is 1.16. The average molecular weight is 444 g/mol. The van der Waals surface area contributed by atoms with Crippen molar-refractivity contribution in [3.63, 3.8) is 0 Å². The number of hydrogen-bond donors (Lipinski definition) is 1. The summed E-state index contributed by atoms with van der Waals surface area (Å²) in [5, 5.41) is 11.1. The van der Waals surface area contributed by atoms with Gasteiger partial charge in [-0.25, -0.2) is 8.78 Å². The van der Waals surface area contributed by atoms with Gasteiger partial charge in [0.25, 0.3) is 5.91 Å². The van der Waals surface area contributed by atoms with Crippen LogP contribution in [0.25, 0.3) is 22.4 Å². The van der Waals surface area contributed by atoms with E-state index in [1.807, 2.05) is 0 Å². The van der Waals surface area contributed by atoms with Crippen molar-refractivity contribution in [1.29, 1.82) is 0 Å². The quantitative estimate of drug-likeness (QED) is 0.406. The van der Waals surface area contributed by atoms with Crippen molar-refractivity contribution in [2.24, 2.45) is 0 Å². The summed E-state index contributed by atoms with van der Waals surface area (Å²) in [7, 11) is 0. The minimum absolute atomic E-state index is 0.104. The van der Waals surface area contributed by atoms with Crippen LogP contribution >= 0.6 is 22.9 Å². The van der Waals surface area contributed by atoms with Gasteiger partial charge in [0.05, 0.1) is 5.03 Å². The first kappa shape index (κ1) is 19.9. The topological polar surface area (TPSA) is 68.0 Å². The first-order chi connectivity index (χ1) is 14.5. The molecule has 150 valence electrons. The average Bonchev–Trinajstić information content (AvgIpc) is 3.40. The van der Waals surface area contributed by atoms with E-state index in [0.717, 1.165) is 16.9 Å². The van der Waals surface area contributed by atoms with Crippen LogP contribution in [-0.2, 0) is 0 Å². The summed E-state index contributed by atoms with van der Waals surface area (Å²) in [6.07, 6.45) is 1.55. The number of rotatable bonds is 5. The first-order valence-electron chi connectivity index (χ1n) is 8.62. The van der Waals surface area contributed by atoms with Crippen LogP contribution in [0, 0.1) is 11.6 Å². The lowest BCUT2D eigenvalue weighted by molar-refractivity contribution is 0.102. The minimum Gasteiger partial charge on any atom is -0.457 e. The SMILES string of the molecule is O=C(Nc1ccc(F)cc1)c1nnc(/C(Cl)=C/c2ccc(-c3ccc(F)cc3)o2)s1. The highest BCUT2D eigenvalue weighted by Crippen LogP contribution is 2.28. The van der Waals surface area contributed by atoms with Crippen LogP contribution in [0.1, 0.15) is 20.6 Å². The van der Waals surface area contributed by atoms with Crippen molar-refractivity contribution in [1.82, 2.24) is 10.2 Å². The number of nitrogens with one attached hydrogen (secondary N) is 1. The second-order valence-corrected chi connectivity index (χ2v) is 7.46. The van der Waals surface area contributed by atoms with E-state index in [2.05, 4.69) is 15.5 Å². The molecule has 0 fully saturated rings. The summed E-state index contributed by atoms with van der Waals surface area (Å²) in [5.74, 6) is -0.187. The standard InChI is InChI=1S/C21H12ClF2N3O2S/c22-17(11-16-9-10-18(29-16)12-1-3-13(23)4-2-12)20-26-27-21(30-20)19(28)25-15-7-5-14(24)6-8-15/h1-11H,(H,25,28)/b17-11-. The lowest BCUT2D eigenvalue weighted by Gasteiger charge is -2.01. The van der Waals surface area contributed by atoms with Crippen LogP contribution in [0.4, 0.5) is 14.5 Å². The smallest absolute Gasteiger partial charge is 0.286 e. The molecule has 1 N–H and O–H groups in total. The number of nitrogens with zero attached hydrogens (tertiary/aromatic N) is 2. The molecule has 4 rings (SSSR count). The van der Waals surface area contributed by atoms with Gasteiger partial charge in [-0.05, 0) is 60.7 Å². The molecule has 0 radical (unpaired) electrons. The number of aromatic nitrogens is 2. The fourth-order valence-electron chi connectivity index (χ4n) is 2.52. The van der Waals surface area contributed by atoms with E-state index in [0.29, 0.717) is 22.2 Å². The number of halogens is 3. The Bertz CT molecular complexity index is 1220. The third kappa shape index (κ3) is 4.61. The molecule has 0 spiro atoms. The monoisotopic (exact) mass is 443 g/mol. The lowest BCUT2D eigenvalue weighted by atomic mass is 10.2. The molecule has 0 saturated heterocycles. The predicted octanol–water partition coefficient (Wildman–Crippen LogP) is 6.07. The van der Waals surface area contributed by atoms with Crippen LogP contribution in [0.2, 0.25) is 0 Å². The van der Waals surface area contributed by atoms with Gasteiger partial charge in [-0.1, -0.05) is 22.9 Å². The van der Waals surface area contributed by atoms with E-state index < -0.39 is 11.7 Å². The molecule has 0 unspecified atom stereocenters. The zero-order valence-corrected chi connectivity index (χ0v) is 16.7. The molecule has 0 atom stereocenters. The Kier molecular flexibility index (Phi) is 5.69. The molecule has 2 aromatic carbocycles. The van der Waals surface area contributed by atoms with Crippen molar-refractivity contribution in [2.75, 3.05) is 5.32 Å². The number of carbonyl (C=O) groups excluding carboxylic acids is 1. The molecular weight excluding hydrogens is 432 g/mol. The van der Waals surface area contributed by atoms with Crippen LogP contribution < -0.4 is 5.32 Å². The highest BCUT2D eigenvalue weighted by atomic mass is 35.5. The minimum atomic E-state index is -0.480. The van der Waals surface area contributed by atoms with E-state index in [9.17, 15) is 13.6 Å². The zero-order chi connectivity index (χ0) is 21.1. The summed E-state index contributed by atoms with van der Waals surface area (Å²) in [6.45, 7) is 0. The van der Waals surface area contributed by atoms with Crippen LogP contribution in [-0.4, -0.2) is 16.1 Å². The van der Waals surface area contributed by atoms with Gasteiger partial charge >= 0.3 is 0 Å². The number of benzene rings is 2. The zero-order valence-electron chi connectivity index (χ0n) is 15.1. The highest BCUT2D eigenvalue weighted by molar-refractivity contribution is 7.15. The second-order valence-electron chi connectivity index (χ2n) is 6.07. The van der Waals surface area contributed by atoms with Gasteiger partial charge in [0, 0.05) is 17.3 Å². The summed E-state index contributed by atoms with van der Waals surface area (Å²) < 4.78 is 31.7. The van der Waals surface area contributed by atoms with Gasteiger partial charge < -0.3 is 9.73 Å². The number of furan rings is 1. The lowest BCUT2D eigenvalue weighted by Crippen LogP contribution is -2.11. The Labute approximate surface area is 178 Å². The molecule has 0 aliphatic carbocycles. The molecule has 9 heteroatoms. The Morgan fingerprint density at radius 1 is 0.933 bits per heavy atom. The van der Waals surface area contributed by atoms with Gasteiger partial charge in [-0.2, -0.15) is 0 Å². The van der Waals surface area contributed by atoms with Crippen LogP contribution in [0.15, 0.2) is 65.1 Å². The number of anilines is 1. The molecule has 30 heavy (non-hydrogen) atoms. The number of amides is 1. The molecule has 1 amide bonds. The largest absolute Gasteiger partial charge is 0.457 e. The Hall–Kier alpha value is -3.36. The molecule has 0 bridgehead atoms. The molecule has 0 saturated carbocycles. The van der Waals surface area contributed by atoms with Crippen molar-refractivity contribution >= 4 is 45.6 Å². The Balaban J connectivity index is 1.47. The maximum absolute atomic E-state index is 13.1. The summed E-state index contributed by atoms with van der Waals surface area (Å²) in [4.78, 5) is 12.3. The van der Waals surface area contributed by atoms with Crippen molar-refractivity contribution in [3.05, 3.63) is 88.1 Å². The van der Waals surface area contributed by atoms with E-state index in [1.165, 1.54) is 36.4 Å². The van der Waals surface area contributed by atoms with E-state index in [4.69, 9.17) is 16.0 Å². The molecule has 0 aliphatic rings. The predicted molar refractivity (Wildman–Crippen MR) is 112 cm³/mol. The molecular formula is C21H12ClF2N3O2S. The number of hydrogen-bond acceptors (Lipinski definition) is 5. The molecule has 0 aliphatic heterocycles. The molecule has 2 aromatic heterocycles. The fraction of sp³-hybridized carbons (Fsp3) is 0. The normalized spacial score (nSPS) is 11.5. The Morgan fingerprint density at radius 2 is 1.57 bits per heavy atom. The van der Waals surface area contributed by atoms with Gasteiger partial charge in [0.1, 0.15) is 23.2 Å². The van der Waals surface area contributed by atoms with Crippen LogP contribution in [0.5, 0.6) is 0 Å². The van der Waals surface area contributed by atoms with Gasteiger partial charge in [0.15, 0.2) is 5.01 Å². The van der Waals surface area contributed by atoms with E-state index in [1.54, 1.807) is 30.3 Å². The maximum Gasteiger partial charge on any atom is 0.286 e. The second kappa shape index (κ2) is 8.56. The molecule has 2 heterocycles. The van der Waals surface area contributed by atoms with E-state index >= 15 is 0 Å². The first-order valence-corrected chi connectivity index (χ1v) is 9.81.